The molecule has 0 aromatic heterocycles. The molecule has 1 atom stereocenters. The standard InChI is InChI=1S/C19H29NO5/c1-5-12-24-13-11-19(16(21)22,15-9-7-6-8-10-15)14-20-17(23)25-18(2,3)4/h6-10H,5,11-14H2,1-4H3,(H,20,23)(H,21,22). The van der Waals surface area contributed by atoms with Crippen LogP contribution in [0, 0.1) is 0 Å². The lowest BCUT2D eigenvalue weighted by Gasteiger charge is -2.31. The summed E-state index contributed by atoms with van der Waals surface area (Å²) in [5, 5.41) is 12.5. The van der Waals surface area contributed by atoms with E-state index >= 15 is 0 Å². The Morgan fingerprint density at radius 3 is 2.28 bits per heavy atom. The molecule has 2 N–H and O–H groups in total. The zero-order valence-corrected chi connectivity index (χ0v) is 15.5. The van der Waals surface area contributed by atoms with Crippen LogP contribution in [-0.2, 0) is 19.7 Å². The zero-order chi connectivity index (χ0) is 18.9. The Bertz CT molecular complexity index is 553. The predicted octanol–water partition coefficient (Wildman–Crippen LogP) is 3.35. The molecule has 0 bridgehead atoms. The van der Waals surface area contributed by atoms with Gasteiger partial charge in [-0.2, -0.15) is 0 Å². The molecule has 1 unspecified atom stereocenters. The number of carbonyl (C=O) groups excluding carboxylic acids is 1. The largest absolute Gasteiger partial charge is 0.481 e. The Hall–Kier alpha value is -2.08. The Morgan fingerprint density at radius 1 is 1.12 bits per heavy atom. The number of rotatable bonds is 9. The number of amides is 1. The zero-order valence-electron chi connectivity index (χ0n) is 15.5. The Balaban J connectivity index is 2.96. The molecular formula is C19H29NO5. The van der Waals surface area contributed by atoms with Gasteiger partial charge in [0.1, 0.15) is 11.0 Å². The second-order valence-electron chi connectivity index (χ2n) is 6.97. The molecule has 1 amide bonds. The van der Waals surface area contributed by atoms with Gasteiger partial charge in [-0.05, 0) is 39.2 Å². The van der Waals surface area contributed by atoms with E-state index in [1.165, 1.54) is 0 Å². The highest BCUT2D eigenvalue weighted by atomic mass is 16.6. The topological polar surface area (TPSA) is 84.9 Å². The Labute approximate surface area is 149 Å². The number of carboxylic acid groups (broad SMARTS) is 1. The summed E-state index contributed by atoms with van der Waals surface area (Å²) in [4.78, 5) is 24.1. The molecule has 140 valence electrons. The van der Waals surface area contributed by atoms with Crippen molar-refractivity contribution in [1.29, 1.82) is 0 Å². The lowest BCUT2D eigenvalue weighted by Crippen LogP contribution is -2.48. The van der Waals surface area contributed by atoms with Gasteiger partial charge in [0.25, 0.3) is 0 Å². The number of alkyl carbamates (subject to hydrolysis) is 1. The van der Waals surface area contributed by atoms with Gasteiger partial charge in [0.2, 0.25) is 0 Å². The van der Waals surface area contributed by atoms with Gasteiger partial charge >= 0.3 is 12.1 Å². The van der Waals surface area contributed by atoms with Crippen LogP contribution in [0.3, 0.4) is 0 Å². The maximum absolute atomic E-state index is 12.1. The van der Waals surface area contributed by atoms with Gasteiger partial charge in [-0.15, -0.1) is 0 Å². The molecule has 0 fully saturated rings. The molecule has 0 heterocycles. The van der Waals surface area contributed by atoms with Crippen molar-refractivity contribution in [2.45, 2.75) is 51.6 Å². The highest BCUT2D eigenvalue weighted by molar-refractivity contribution is 5.82. The summed E-state index contributed by atoms with van der Waals surface area (Å²) in [5.41, 5.74) is -1.29. The number of benzene rings is 1. The third-order valence-electron chi connectivity index (χ3n) is 3.69. The first-order valence-corrected chi connectivity index (χ1v) is 8.55. The molecule has 0 spiro atoms. The highest BCUT2D eigenvalue weighted by Crippen LogP contribution is 2.28. The van der Waals surface area contributed by atoms with Crippen molar-refractivity contribution in [2.24, 2.45) is 0 Å². The summed E-state index contributed by atoms with van der Waals surface area (Å²) in [6.45, 7) is 8.06. The van der Waals surface area contributed by atoms with Gasteiger partial charge in [0.05, 0.1) is 0 Å². The first-order chi connectivity index (χ1) is 11.7. The molecule has 0 saturated heterocycles. The van der Waals surface area contributed by atoms with Crippen molar-refractivity contribution in [3.8, 4) is 0 Å². The fourth-order valence-corrected chi connectivity index (χ4v) is 2.43. The van der Waals surface area contributed by atoms with Crippen LogP contribution in [0.15, 0.2) is 30.3 Å². The van der Waals surface area contributed by atoms with E-state index in [2.05, 4.69) is 5.32 Å². The van der Waals surface area contributed by atoms with Crippen LogP contribution in [-0.4, -0.2) is 42.5 Å². The maximum atomic E-state index is 12.1. The fourth-order valence-electron chi connectivity index (χ4n) is 2.43. The van der Waals surface area contributed by atoms with Crippen molar-refractivity contribution in [1.82, 2.24) is 5.32 Å². The molecule has 0 aliphatic carbocycles. The quantitative estimate of drug-likeness (QED) is 0.667. The van der Waals surface area contributed by atoms with Crippen LogP contribution in [0.4, 0.5) is 4.79 Å². The van der Waals surface area contributed by atoms with Gasteiger partial charge in [-0.1, -0.05) is 37.3 Å². The number of ether oxygens (including phenoxy) is 2. The smallest absolute Gasteiger partial charge is 0.407 e. The van der Waals surface area contributed by atoms with Crippen molar-refractivity contribution in [2.75, 3.05) is 19.8 Å². The summed E-state index contributed by atoms with van der Waals surface area (Å²) >= 11 is 0. The molecule has 0 radical (unpaired) electrons. The first kappa shape index (κ1) is 21.0. The summed E-state index contributed by atoms with van der Waals surface area (Å²) in [5.74, 6) is -1.00. The molecule has 1 aromatic rings. The van der Waals surface area contributed by atoms with Crippen LogP contribution in [0.25, 0.3) is 0 Å². The lowest BCUT2D eigenvalue weighted by atomic mass is 9.77. The summed E-state index contributed by atoms with van der Waals surface area (Å²) in [7, 11) is 0. The molecular weight excluding hydrogens is 322 g/mol. The Kier molecular flexibility index (Phi) is 7.90. The SMILES string of the molecule is CCCOCCC(CNC(=O)OC(C)(C)C)(C(=O)O)c1ccccc1. The van der Waals surface area contributed by atoms with E-state index < -0.39 is 23.1 Å². The van der Waals surface area contributed by atoms with E-state index in [0.717, 1.165) is 6.42 Å². The lowest BCUT2D eigenvalue weighted by molar-refractivity contribution is -0.144. The van der Waals surface area contributed by atoms with E-state index in [-0.39, 0.29) is 13.0 Å². The minimum absolute atomic E-state index is 0.0727. The third kappa shape index (κ3) is 6.74. The monoisotopic (exact) mass is 351 g/mol. The van der Waals surface area contributed by atoms with Gasteiger partial charge in [0, 0.05) is 19.8 Å². The summed E-state index contributed by atoms with van der Waals surface area (Å²) in [6.07, 6.45) is 0.479. The van der Waals surface area contributed by atoms with Crippen LogP contribution in [0.2, 0.25) is 0 Å². The van der Waals surface area contributed by atoms with E-state index in [4.69, 9.17) is 9.47 Å². The number of aliphatic carboxylic acids is 1. The normalized spacial score (nSPS) is 13.8. The highest BCUT2D eigenvalue weighted by Gasteiger charge is 2.40. The van der Waals surface area contributed by atoms with Gasteiger partial charge in [0.15, 0.2) is 0 Å². The van der Waals surface area contributed by atoms with E-state index in [0.29, 0.717) is 18.8 Å². The Morgan fingerprint density at radius 2 is 1.76 bits per heavy atom. The van der Waals surface area contributed by atoms with Crippen LogP contribution in [0.1, 0.15) is 46.1 Å². The number of carboxylic acids is 1. The minimum Gasteiger partial charge on any atom is -0.481 e. The number of hydrogen-bond donors (Lipinski definition) is 2. The molecule has 6 heteroatoms. The molecule has 0 saturated carbocycles. The van der Waals surface area contributed by atoms with Crippen molar-refractivity contribution >= 4 is 12.1 Å². The fraction of sp³-hybridized carbons (Fsp3) is 0.579. The van der Waals surface area contributed by atoms with E-state index in [9.17, 15) is 14.7 Å². The summed E-state index contributed by atoms with van der Waals surface area (Å²) < 4.78 is 10.7. The van der Waals surface area contributed by atoms with Gasteiger partial charge in [-0.3, -0.25) is 4.79 Å². The second-order valence-corrected chi connectivity index (χ2v) is 6.97. The maximum Gasteiger partial charge on any atom is 0.407 e. The van der Waals surface area contributed by atoms with Gasteiger partial charge in [-0.25, -0.2) is 4.79 Å². The summed E-state index contributed by atoms with van der Waals surface area (Å²) in [6, 6.07) is 8.90. The number of hydrogen-bond acceptors (Lipinski definition) is 4. The molecule has 25 heavy (non-hydrogen) atoms. The number of carbonyl (C=O) groups is 2. The molecule has 0 aliphatic rings. The van der Waals surface area contributed by atoms with E-state index in [1.54, 1.807) is 45.0 Å². The molecule has 0 aliphatic heterocycles. The average molecular weight is 351 g/mol. The van der Waals surface area contributed by atoms with Crippen molar-refractivity contribution in [3.63, 3.8) is 0 Å². The molecule has 6 nitrogen and oxygen atoms in total. The minimum atomic E-state index is -1.27. The predicted molar refractivity (Wildman–Crippen MR) is 95.7 cm³/mol. The van der Waals surface area contributed by atoms with Crippen LogP contribution >= 0.6 is 0 Å². The van der Waals surface area contributed by atoms with Gasteiger partial charge < -0.3 is 19.9 Å². The molecule has 1 aromatic carbocycles. The van der Waals surface area contributed by atoms with Crippen molar-refractivity contribution in [3.05, 3.63) is 35.9 Å². The number of nitrogens with one attached hydrogen (secondary N) is 1. The molecule has 1 rings (SSSR count). The van der Waals surface area contributed by atoms with Crippen molar-refractivity contribution < 1.29 is 24.2 Å². The van der Waals surface area contributed by atoms with E-state index in [1.807, 2.05) is 13.0 Å². The third-order valence-corrected chi connectivity index (χ3v) is 3.69. The van der Waals surface area contributed by atoms with Crippen LogP contribution < -0.4 is 5.32 Å². The van der Waals surface area contributed by atoms with Crippen LogP contribution in [0.5, 0.6) is 0 Å². The first-order valence-electron chi connectivity index (χ1n) is 8.55. The average Bonchev–Trinajstić information content (AvgIpc) is 2.53. The second kappa shape index (κ2) is 9.42.